The minimum Gasteiger partial charge on any atom is -0.497 e. The number of thiazole rings is 1. The van der Waals surface area contributed by atoms with Gasteiger partial charge in [0.25, 0.3) is 0 Å². The maximum Gasteiger partial charge on any atom is 0.182 e. The smallest absolute Gasteiger partial charge is 0.182 e. The molecule has 0 aliphatic rings. The van der Waals surface area contributed by atoms with E-state index in [2.05, 4.69) is 0 Å². The van der Waals surface area contributed by atoms with Crippen molar-refractivity contribution in [1.29, 1.82) is 5.41 Å². The molecule has 0 amide bonds. The number of ether oxygens (including phenoxy) is 1. The minimum absolute atomic E-state index is 0. The third kappa shape index (κ3) is 3.30. The van der Waals surface area contributed by atoms with E-state index in [1.54, 1.807) is 47.5 Å². The first-order valence-corrected chi connectivity index (χ1v) is 5.94. The van der Waals surface area contributed by atoms with E-state index in [-0.39, 0.29) is 29.3 Å². The van der Waals surface area contributed by atoms with Gasteiger partial charge in [-0.1, -0.05) is 0 Å². The second-order valence-corrected chi connectivity index (χ2v) is 4.38. The van der Waals surface area contributed by atoms with Gasteiger partial charge in [-0.3, -0.25) is 10.2 Å². The van der Waals surface area contributed by atoms with Crippen molar-refractivity contribution >= 4 is 34.1 Å². The third-order valence-electron chi connectivity index (χ3n) is 2.41. The average molecular weight is 329 g/mol. The minimum atomic E-state index is -0.00967. The van der Waals surface area contributed by atoms with Gasteiger partial charge in [0, 0.05) is 17.1 Å². The number of ketones is 1. The highest BCUT2D eigenvalue weighted by Gasteiger charge is 2.07. The molecule has 0 unspecified atom stereocenters. The first kappa shape index (κ1) is 14.7. The second-order valence-electron chi connectivity index (χ2n) is 3.49. The summed E-state index contributed by atoms with van der Waals surface area (Å²) in [6, 6.07) is 6.98. The number of hydrogen-bond donors (Lipinski definition) is 1. The Morgan fingerprint density at radius 2 is 2.06 bits per heavy atom. The Bertz CT molecular complexity index is 574. The van der Waals surface area contributed by atoms with Crippen molar-refractivity contribution in [2.24, 2.45) is 0 Å². The molecule has 0 atom stereocenters. The van der Waals surface area contributed by atoms with E-state index in [0.29, 0.717) is 10.4 Å². The normalized spacial score (nSPS) is 9.61. The van der Waals surface area contributed by atoms with E-state index in [0.717, 1.165) is 5.75 Å². The van der Waals surface area contributed by atoms with Crippen molar-refractivity contribution in [3.63, 3.8) is 0 Å². The average Bonchev–Trinajstić information content (AvgIpc) is 2.75. The van der Waals surface area contributed by atoms with Gasteiger partial charge in [0.05, 0.1) is 13.7 Å². The lowest BCUT2D eigenvalue weighted by Crippen LogP contribution is -2.18. The molecule has 0 radical (unpaired) electrons. The third-order valence-corrected chi connectivity index (χ3v) is 3.12. The summed E-state index contributed by atoms with van der Waals surface area (Å²) in [6.07, 6.45) is 1.74. The SMILES string of the molecule is Br.COc1ccc(C(=O)Cn2ccsc2=N)cc1. The van der Waals surface area contributed by atoms with Crippen LogP contribution in [0.15, 0.2) is 35.8 Å². The predicted molar refractivity (Wildman–Crippen MR) is 75.8 cm³/mol. The molecule has 1 N–H and O–H groups in total. The summed E-state index contributed by atoms with van der Waals surface area (Å²) in [5.41, 5.74) is 0.629. The Labute approximate surface area is 119 Å². The highest BCUT2D eigenvalue weighted by atomic mass is 79.9. The van der Waals surface area contributed by atoms with Crippen LogP contribution in [-0.4, -0.2) is 17.5 Å². The Balaban J connectivity index is 0.00000162. The lowest BCUT2D eigenvalue weighted by molar-refractivity contribution is 0.0971. The van der Waals surface area contributed by atoms with Crippen LogP contribution < -0.4 is 9.54 Å². The number of nitrogens with zero attached hydrogens (tertiary/aromatic N) is 1. The summed E-state index contributed by atoms with van der Waals surface area (Å²) in [5.74, 6) is 0.718. The van der Waals surface area contributed by atoms with Crippen molar-refractivity contribution in [3.8, 4) is 5.75 Å². The molecule has 4 nitrogen and oxygen atoms in total. The Hall–Kier alpha value is -1.40. The molecule has 0 saturated heterocycles. The van der Waals surface area contributed by atoms with Gasteiger partial charge in [-0.2, -0.15) is 0 Å². The molecule has 0 spiro atoms. The van der Waals surface area contributed by atoms with E-state index in [4.69, 9.17) is 10.1 Å². The Morgan fingerprint density at radius 1 is 1.39 bits per heavy atom. The number of benzene rings is 1. The Kier molecular flexibility index (Phi) is 5.30. The number of nitrogens with one attached hydrogen (secondary N) is 1. The van der Waals surface area contributed by atoms with Gasteiger partial charge in [-0.15, -0.1) is 28.3 Å². The van der Waals surface area contributed by atoms with E-state index < -0.39 is 0 Å². The summed E-state index contributed by atoms with van der Waals surface area (Å²) in [5, 5.41) is 9.38. The van der Waals surface area contributed by atoms with Crippen LogP contribution in [0.1, 0.15) is 10.4 Å². The molecule has 2 aromatic rings. The lowest BCUT2D eigenvalue weighted by atomic mass is 10.1. The number of hydrogen-bond acceptors (Lipinski definition) is 4. The van der Waals surface area contributed by atoms with E-state index >= 15 is 0 Å². The molecule has 18 heavy (non-hydrogen) atoms. The molecule has 1 aromatic carbocycles. The van der Waals surface area contributed by atoms with E-state index in [1.165, 1.54) is 11.3 Å². The molecule has 1 heterocycles. The molecule has 2 rings (SSSR count). The van der Waals surface area contributed by atoms with Gasteiger partial charge in [-0.05, 0) is 24.3 Å². The lowest BCUT2D eigenvalue weighted by Gasteiger charge is -2.03. The number of rotatable bonds is 4. The quantitative estimate of drug-likeness (QED) is 0.876. The van der Waals surface area contributed by atoms with Crippen molar-refractivity contribution in [2.75, 3.05) is 7.11 Å². The summed E-state index contributed by atoms with van der Waals surface area (Å²) in [7, 11) is 1.59. The summed E-state index contributed by atoms with van der Waals surface area (Å²) in [6.45, 7) is 0.203. The number of Topliss-reactive ketones (excluding diaryl/α,β-unsaturated/α-hetero) is 1. The van der Waals surface area contributed by atoms with Crippen molar-refractivity contribution in [2.45, 2.75) is 6.54 Å². The molecule has 1 aromatic heterocycles. The van der Waals surface area contributed by atoms with Gasteiger partial charge < -0.3 is 9.30 Å². The fourth-order valence-electron chi connectivity index (χ4n) is 1.45. The van der Waals surface area contributed by atoms with Crippen LogP contribution >= 0.6 is 28.3 Å². The first-order valence-electron chi connectivity index (χ1n) is 5.06. The maximum absolute atomic E-state index is 11.9. The number of carbonyl (C=O) groups is 1. The van der Waals surface area contributed by atoms with Crippen LogP contribution in [0, 0.1) is 5.41 Å². The van der Waals surface area contributed by atoms with Gasteiger partial charge in [-0.25, -0.2) is 0 Å². The van der Waals surface area contributed by atoms with Crippen LogP contribution in [0.3, 0.4) is 0 Å². The summed E-state index contributed by atoms with van der Waals surface area (Å²) in [4.78, 5) is 12.3. The predicted octanol–water partition coefficient (Wildman–Crippen LogP) is 2.50. The van der Waals surface area contributed by atoms with Gasteiger partial charge in [0.1, 0.15) is 5.75 Å². The van der Waals surface area contributed by atoms with Crippen LogP contribution in [0.25, 0.3) is 0 Å². The standard InChI is InChI=1S/C12H12N2O2S.BrH/c1-16-10-4-2-9(3-5-10)11(15)8-14-6-7-17-12(14)13;/h2-7,13H,8H2,1H3;1H. The van der Waals surface area contributed by atoms with Crippen LogP contribution in [-0.2, 0) is 6.54 Å². The number of halogens is 1. The van der Waals surface area contributed by atoms with E-state index in [9.17, 15) is 4.79 Å². The van der Waals surface area contributed by atoms with Gasteiger partial charge >= 0.3 is 0 Å². The molecule has 6 heteroatoms. The highest BCUT2D eigenvalue weighted by Crippen LogP contribution is 2.12. The summed E-state index contributed by atoms with van der Waals surface area (Å²) >= 11 is 1.31. The topological polar surface area (TPSA) is 55.1 Å². The van der Waals surface area contributed by atoms with Crippen LogP contribution in [0.4, 0.5) is 0 Å². The fourth-order valence-corrected chi connectivity index (χ4v) is 2.05. The molecule has 0 saturated carbocycles. The molecular formula is C12H13BrN2O2S. The molecule has 0 aliphatic carbocycles. The van der Waals surface area contributed by atoms with Gasteiger partial charge in [0.2, 0.25) is 0 Å². The Morgan fingerprint density at radius 3 is 2.56 bits per heavy atom. The molecule has 0 bridgehead atoms. The monoisotopic (exact) mass is 328 g/mol. The number of methoxy groups -OCH3 is 1. The molecule has 0 aliphatic heterocycles. The number of carbonyl (C=O) groups excluding carboxylic acids is 1. The number of aromatic nitrogens is 1. The summed E-state index contributed by atoms with van der Waals surface area (Å²) < 4.78 is 6.65. The second kappa shape index (κ2) is 6.51. The largest absolute Gasteiger partial charge is 0.497 e. The van der Waals surface area contributed by atoms with Crippen molar-refractivity contribution < 1.29 is 9.53 Å². The molecule has 96 valence electrons. The fraction of sp³-hybridized carbons (Fsp3) is 0.167. The molecular weight excluding hydrogens is 316 g/mol. The van der Waals surface area contributed by atoms with Gasteiger partial charge in [0.15, 0.2) is 10.6 Å². The zero-order chi connectivity index (χ0) is 12.3. The van der Waals surface area contributed by atoms with E-state index in [1.807, 2.05) is 0 Å². The van der Waals surface area contributed by atoms with Crippen LogP contribution in [0.2, 0.25) is 0 Å². The maximum atomic E-state index is 11.9. The van der Waals surface area contributed by atoms with Crippen molar-refractivity contribution in [3.05, 3.63) is 46.2 Å². The first-order chi connectivity index (χ1) is 8.20. The molecule has 0 fully saturated rings. The zero-order valence-corrected chi connectivity index (χ0v) is 12.3. The highest BCUT2D eigenvalue weighted by molar-refractivity contribution is 8.93. The van der Waals surface area contributed by atoms with Crippen LogP contribution in [0.5, 0.6) is 5.75 Å². The van der Waals surface area contributed by atoms with Crippen molar-refractivity contribution in [1.82, 2.24) is 4.57 Å². The zero-order valence-electron chi connectivity index (χ0n) is 9.75.